The van der Waals surface area contributed by atoms with Crippen LogP contribution in [0.2, 0.25) is 0 Å². The van der Waals surface area contributed by atoms with E-state index in [0.29, 0.717) is 19.3 Å². The molecule has 7 rings (SSSR count). The fourth-order valence-corrected chi connectivity index (χ4v) is 7.83. The minimum Gasteiger partial charge on any atom is -0.217 e. The van der Waals surface area contributed by atoms with E-state index in [1.54, 1.807) is 0 Å². The molecule has 240 valence electrons. The van der Waals surface area contributed by atoms with Crippen molar-refractivity contribution in [2.45, 2.75) is 81.6 Å². The quantitative estimate of drug-likeness (QED) is 0.184. The number of rotatable bonds is 6. The zero-order chi connectivity index (χ0) is 33.9. The molecule has 1 heterocycles. The molecule has 6 aromatic carbocycles. The van der Waals surface area contributed by atoms with Crippen molar-refractivity contribution in [1.29, 1.82) is 0 Å². The second-order valence-electron chi connectivity index (χ2n) is 14.2. The molecule has 1 aromatic heterocycles. The maximum Gasteiger partial charge on any atom is 0.137 e. The highest BCUT2D eigenvalue weighted by atomic mass is 15.0. The van der Waals surface area contributed by atoms with Crippen molar-refractivity contribution in [1.82, 2.24) is 15.0 Å². The molecule has 3 heteroatoms. The molecular weight excluding hydrogens is 583 g/mol. The van der Waals surface area contributed by atoms with Gasteiger partial charge in [-0.2, -0.15) is 0 Å². The third-order valence-electron chi connectivity index (χ3n) is 10.6. The Balaban J connectivity index is 1.30. The maximum absolute atomic E-state index is 5.11. The zero-order valence-electron chi connectivity index (χ0n) is 29.9. The van der Waals surface area contributed by atoms with Gasteiger partial charge in [0.2, 0.25) is 0 Å². The van der Waals surface area contributed by atoms with Gasteiger partial charge in [0, 0.05) is 19.3 Å². The van der Waals surface area contributed by atoms with Gasteiger partial charge >= 0.3 is 0 Å². The summed E-state index contributed by atoms with van der Waals surface area (Å²) in [4.78, 5) is 15.3. The van der Waals surface area contributed by atoms with E-state index in [0.717, 1.165) is 17.5 Å². The lowest BCUT2D eigenvalue weighted by atomic mass is 9.94. The zero-order valence-corrected chi connectivity index (χ0v) is 29.9. The molecule has 0 N–H and O–H groups in total. The molecule has 0 radical (unpaired) electrons. The van der Waals surface area contributed by atoms with Gasteiger partial charge in [0.05, 0.1) is 0 Å². The second-order valence-corrected chi connectivity index (χ2v) is 14.2. The number of aryl methyl sites for hydroxylation is 9. The summed E-state index contributed by atoms with van der Waals surface area (Å²) < 4.78 is 0. The van der Waals surface area contributed by atoms with Gasteiger partial charge in [-0.15, -0.1) is 0 Å². The lowest BCUT2D eigenvalue weighted by Crippen LogP contribution is -2.10. The van der Waals surface area contributed by atoms with Gasteiger partial charge < -0.3 is 0 Å². The van der Waals surface area contributed by atoms with Crippen LogP contribution in [0.15, 0.2) is 72.8 Å². The summed E-state index contributed by atoms with van der Waals surface area (Å²) >= 11 is 0. The summed E-state index contributed by atoms with van der Waals surface area (Å²) in [6.45, 7) is 19.9. The Labute approximate surface area is 285 Å². The molecule has 0 aliphatic heterocycles. The molecule has 3 nitrogen and oxygen atoms in total. The first-order valence-corrected chi connectivity index (χ1v) is 17.2. The molecule has 0 bridgehead atoms. The monoisotopic (exact) mass is 627 g/mol. The van der Waals surface area contributed by atoms with E-state index in [2.05, 4.69) is 135 Å². The van der Waals surface area contributed by atoms with Gasteiger partial charge in [-0.05, 0) is 161 Å². The van der Waals surface area contributed by atoms with E-state index in [9.17, 15) is 0 Å². The van der Waals surface area contributed by atoms with Gasteiger partial charge in [0.25, 0.3) is 0 Å². The Bertz CT molecular complexity index is 2130. The predicted octanol–water partition coefficient (Wildman–Crippen LogP) is 10.9. The van der Waals surface area contributed by atoms with Crippen molar-refractivity contribution >= 4 is 32.3 Å². The molecule has 48 heavy (non-hydrogen) atoms. The first-order chi connectivity index (χ1) is 22.9. The van der Waals surface area contributed by atoms with Crippen molar-refractivity contribution in [2.75, 3.05) is 0 Å². The van der Waals surface area contributed by atoms with Crippen LogP contribution in [-0.4, -0.2) is 15.0 Å². The maximum atomic E-state index is 5.11. The molecule has 0 amide bonds. The molecule has 0 fully saturated rings. The molecule has 0 aliphatic carbocycles. The summed E-state index contributed by atoms with van der Waals surface area (Å²) in [6, 6.07) is 27.3. The van der Waals surface area contributed by atoms with Crippen LogP contribution >= 0.6 is 0 Å². The minimum atomic E-state index is 0.663. The van der Waals surface area contributed by atoms with Crippen molar-refractivity contribution in [3.8, 4) is 0 Å². The van der Waals surface area contributed by atoms with Gasteiger partial charge in [0.15, 0.2) is 0 Å². The van der Waals surface area contributed by atoms with Gasteiger partial charge in [-0.25, -0.2) is 15.0 Å². The molecule has 0 spiro atoms. The number of hydrogen-bond donors (Lipinski definition) is 0. The van der Waals surface area contributed by atoms with Crippen LogP contribution in [0.1, 0.15) is 84.2 Å². The van der Waals surface area contributed by atoms with E-state index >= 15 is 0 Å². The third kappa shape index (κ3) is 5.87. The van der Waals surface area contributed by atoms with Crippen LogP contribution in [0.5, 0.6) is 0 Å². The summed E-state index contributed by atoms with van der Waals surface area (Å²) in [5, 5.41) is 7.88. The van der Waals surface area contributed by atoms with Crippen molar-refractivity contribution in [2.24, 2.45) is 0 Å². The van der Waals surface area contributed by atoms with Gasteiger partial charge in [-0.1, -0.05) is 72.8 Å². The van der Waals surface area contributed by atoms with Crippen LogP contribution in [0, 0.1) is 62.3 Å². The van der Waals surface area contributed by atoms with Crippen LogP contribution in [-0.2, 0) is 19.3 Å². The highest BCUT2D eigenvalue weighted by Gasteiger charge is 2.15. The van der Waals surface area contributed by atoms with Crippen LogP contribution in [0.4, 0.5) is 0 Å². The van der Waals surface area contributed by atoms with Crippen LogP contribution in [0.3, 0.4) is 0 Å². The van der Waals surface area contributed by atoms with Crippen molar-refractivity contribution in [3.63, 3.8) is 0 Å². The second kappa shape index (κ2) is 12.3. The normalized spacial score (nSPS) is 11.7. The highest BCUT2D eigenvalue weighted by molar-refractivity contribution is 5.92. The third-order valence-corrected chi connectivity index (χ3v) is 10.6. The van der Waals surface area contributed by atoms with Crippen LogP contribution < -0.4 is 0 Å². The summed E-state index contributed by atoms with van der Waals surface area (Å²) in [5.41, 5.74) is 15.6. The molecular formula is C45H45N3. The first-order valence-electron chi connectivity index (χ1n) is 17.2. The SMILES string of the molecule is Cc1ccc2cc(Cc3nc(Cc4cc(C)c5c(C)c(C)ccc5c4)nc(Cc4cc(C)c5c(C)c(C)ccc5c4)n3)cc(C)c2c1C. The Hall–Kier alpha value is -4.89. The average Bonchev–Trinajstić information content (AvgIpc) is 3.02. The number of hydrogen-bond acceptors (Lipinski definition) is 3. The smallest absolute Gasteiger partial charge is 0.137 e. The Kier molecular flexibility index (Phi) is 8.11. The summed E-state index contributed by atoms with van der Waals surface area (Å²) in [5.74, 6) is 2.47. The van der Waals surface area contributed by atoms with Gasteiger partial charge in [0.1, 0.15) is 17.5 Å². The average molecular weight is 628 g/mol. The minimum absolute atomic E-state index is 0.663. The predicted molar refractivity (Wildman–Crippen MR) is 203 cm³/mol. The first kappa shape index (κ1) is 31.7. The summed E-state index contributed by atoms with van der Waals surface area (Å²) in [6.07, 6.45) is 1.99. The highest BCUT2D eigenvalue weighted by Crippen LogP contribution is 2.30. The summed E-state index contributed by atoms with van der Waals surface area (Å²) in [7, 11) is 0. The fourth-order valence-electron chi connectivity index (χ4n) is 7.83. The number of aromatic nitrogens is 3. The molecule has 7 aromatic rings. The lowest BCUT2D eigenvalue weighted by molar-refractivity contribution is 0.797. The topological polar surface area (TPSA) is 38.7 Å². The molecule has 0 atom stereocenters. The number of benzene rings is 6. The van der Waals surface area contributed by atoms with Crippen LogP contribution in [0.25, 0.3) is 32.3 Å². The van der Waals surface area contributed by atoms with E-state index in [4.69, 9.17) is 15.0 Å². The Morgan fingerprint density at radius 2 is 0.604 bits per heavy atom. The molecule has 0 unspecified atom stereocenters. The lowest BCUT2D eigenvalue weighted by Gasteiger charge is -2.14. The largest absolute Gasteiger partial charge is 0.217 e. The van der Waals surface area contributed by atoms with E-state index in [-0.39, 0.29) is 0 Å². The van der Waals surface area contributed by atoms with E-state index in [1.807, 2.05) is 0 Å². The number of fused-ring (bicyclic) bond motifs is 3. The standard InChI is InChI=1S/C45H45N3/c1-25-10-13-37-19-34(16-28(4)43(37)31(25)7)22-40-46-41(23-35-17-29(5)44-32(8)26(2)11-14-38(44)20-35)48-42(47-40)24-36-18-30(6)45-33(9)27(3)12-15-39(45)21-36/h10-21H,22-24H2,1-9H3. The van der Waals surface area contributed by atoms with Gasteiger partial charge in [-0.3, -0.25) is 0 Å². The van der Waals surface area contributed by atoms with E-state index in [1.165, 1.54) is 99.1 Å². The Morgan fingerprint density at radius 3 is 0.875 bits per heavy atom. The molecule has 0 saturated heterocycles. The molecule has 0 saturated carbocycles. The van der Waals surface area contributed by atoms with E-state index < -0.39 is 0 Å². The molecule has 0 aliphatic rings. The number of nitrogens with zero attached hydrogens (tertiary/aromatic N) is 3. The van der Waals surface area contributed by atoms with Crippen molar-refractivity contribution < 1.29 is 0 Å². The van der Waals surface area contributed by atoms with Crippen molar-refractivity contribution in [3.05, 3.63) is 157 Å². The fraction of sp³-hybridized carbons (Fsp3) is 0.267. The Morgan fingerprint density at radius 1 is 0.333 bits per heavy atom.